The molecule has 0 aromatic rings. The molecular weight excluding hydrogens is 248 g/mol. The Bertz CT molecular complexity index is 291. The highest BCUT2D eigenvalue weighted by molar-refractivity contribution is 5.76. The van der Waals surface area contributed by atoms with Gasteiger partial charge >= 0.3 is 0 Å². The number of nitrogens with one attached hydrogen (secondary N) is 2. The zero-order valence-corrected chi connectivity index (χ0v) is 13.3. The summed E-state index contributed by atoms with van der Waals surface area (Å²) in [5, 5.41) is 6.72. The van der Waals surface area contributed by atoms with E-state index >= 15 is 0 Å². The molecule has 116 valence electrons. The molecule has 0 aromatic heterocycles. The Kier molecular flexibility index (Phi) is 6.34. The van der Waals surface area contributed by atoms with Crippen molar-refractivity contribution in [2.45, 2.75) is 71.3 Å². The van der Waals surface area contributed by atoms with Gasteiger partial charge in [-0.15, -0.1) is 0 Å². The minimum absolute atomic E-state index is 0.281. The minimum Gasteiger partial charge on any atom is -0.353 e. The predicted octanol–water partition coefficient (Wildman–Crippen LogP) is 3.10. The van der Waals surface area contributed by atoms with Crippen LogP contribution in [0, 0.1) is 17.8 Å². The number of amides is 1. The summed E-state index contributed by atoms with van der Waals surface area (Å²) in [4.78, 5) is 12.2. The van der Waals surface area contributed by atoms with Gasteiger partial charge in [0.2, 0.25) is 5.91 Å². The fraction of sp³-hybridized carbons (Fsp3) is 0.941. The van der Waals surface area contributed by atoms with Gasteiger partial charge in [0.1, 0.15) is 0 Å². The van der Waals surface area contributed by atoms with E-state index in [1.165, 1.54) is 44.9 Å². The van der Waals surface area contributed by atoms with Gasteiger partial charge in [-0.25, -0.2) is 0 Å². The standard InChI is InChI=1S/C17H32N2O/c1-3-14-6-8-16(9-7-14)19-17(20)11-13(2)15-5-4-10-18-12-15/h13-16,18H,3-12H2,1-2H3,(H,19,20). The molecule has 0 radical (unpaired) electrons. The van der Waals surface area contributed by atoms with Gasteiger partial charge in [0.05, 0.1) is 0 Å². The van der Waals surface area contributed by atoms with Crippen LogP contribution in [0.3, 0.4) is 0 Å². The molecule has 1 aliphatic carbocycles. The topological polar surface area (TPSA) is 41.1 Å². The minimum atomic E-state index is 0.281. The first-order valence-corrected chi connectivity index (χ1v) is 8.69. The van der Waals surface area contributed by atoms with Crippen molar-refractivity contribution in [3.63, 3.8) is 0 Å². The maximum atomic E-state index is 12.2. The molecule has 2 N–H and O–H groups in total. The van der Waals surface area contributed by atoms with Gasteiger partial charge in [-0.05, 0) is 69.4 Å². The number of carbonyl (C=O) groups is 1. The maximum absolute atomic E-state index is 12.2. The molecule has 2 fully saturated rings. The lowest BCUT2D eigenvalue weighted by atomic mass is 9.83. The number of rotatable bonds is 5. The summed E-state index contributed by atoms with van der Waals surface area (Å²) < 4.78 is 0. The number of carbonyl (C=O) groups excluding carboxylic acids is 1. The lowest BCUT2D eigenvalue weighted by molar-refractivity contribution is -0.123. The molecule has 1 saturated heterocycles. The van der Waals surface area contributed by atoms with E-state index in [0.29, 0.717) is 24.3 Å². The highest BCUT2D eigenvalue weighted by atomic mass is 16.1. The quantitative estimate of drug-likeness (QED) is 0.812. The van der Waals surface area contributed by atoms with Crippen LogP contribution < -0.4 is 10.6 Å². The molecule has 1 amide bonds. The van der Waals surface area contributed by atoms with Crippen LogP contribution in [0.25, 0.3) is 0 Å². The molecule has 20 heavy (non-hydrogen) atoms. The Morgan fingerprint density at radius 3 is 2.60 bits per heavy atom. The van der Waals surface area contributed by atoms with Crippen molar-refractivity contribution in [2.24, 2.45) is 17.8 Å². The van der Waals surface area contributed by atoms with E-state index in [2.05, 4.69) is 24.5 Å². The molecule has 0 aromatic carbocycles. The van der Waals surface area contributed by atoms with Crippen LogP contribution in [-0.2, 0) is 4.79 Å². The summed E-state index contributed by atoms with van der Waals surface area (Å²) in [6.45, 7) is 6.76. The molecule has 1 heterocycles. The van der Waals surface area contributed by atoms with E-state index in [-0.39, 0.29) is 5.91 Å². The molecule has 2 atom stereocenters. The van der Waals surface area contributed by atoms with E-state index in [0.717, 1.165) is 19.0 Å². The first-order valence-electron chi connectivity index (χ1n) is 8.69. The molecular formula is C17H32N2O. The maximum Gasteiger partial charge on any atom is 0.220 e. The third-order valence-corrected chi connectivity index (χ3v) is 5.44. The highest BCUT2D eigenvalue weighted by Crippen LogP contribution is 2.27. The van der Waals surface area contributed by atoms with Crippen LogP contribution in [0.15, 0.2) is 0 Å². The molecule has 2 aliphatic rings. The van der Waals surface area contributed by atoms with Crippen LogP contribution in [0.4, 0.5) is 0 Å². The van der Waals surface area contributed by atoms with Gasteiger partial charge in [0.15, 0.2) is 0 Å². The lowest BCUT2D eigenvalue weighted by Crippen LogP contribution is -2.40. The van der Waals surface area contributed by atoms with Crippen molar-refractivity contribution >= 4 is 5.91 Å². The summed E-state index contributed by atoms with van der Waals surface area (Å²) in [6.07, 6.45) is 9.51. The van der Waals surface area contributed by atoms with Gasteiger partial charge in [0.25, 0.3) is 0 Å². The van der Waals surface area contributed by atoms with Crippen LogP contribution >= 0.6 is 0 Å². The molecule has 1 saturated carbocycles. The van der Waals surface area contributed by atoms with E-state index in [4.69, 9.17) is 0 Å². The Morgan fingerprint density at radius 1 is 1.25 bits per heavy atom. The van der Waals surface area contributed by atoms with Crippen LogP contribution in [-0.4, -0.2) is 25.0 Å². The van der Waals surface area contributed by atoms with Crippen molar-refractivity contribution in [3.8, 4) is 0 Å². The van der Waals surface area contributed by atoms with Gasteiger partial charge in [-0.1, -0.05) is 20.3 Å². The van der Waals surface area contributed by atoms with E-state index in [1.54, 1.807) is 0 Å². The zero-order chi connectivity index (χ0) is 14.4. The van der Waals surface area contributed by atoms with Crippen molar-refractivity contribution in [1.29, 1.82) is 0 Å². The van der Waals surface area contributed by atoms with Gasteiger partial charge < -0.3 is 10.6 Å². The smallest absolute Gasteiger partial charge is 0.220 e. The predicted molar refractivity (Wildman–Crippen MR) is 83.6 cm³/mol. The summed E-state index contributed by atoms with van der Waals surface area (Å²) in [7, 11) is 0. The Morgan fingerprint density at radius 2 is 2.00 bits per heavy atom. The lowest BCUT2D eigenvalue weighted by Gasteiger charge is -2.30. The fourth-order valence-electron chi connectivity index (χ4n) is 3.83. The molecule has 0 spiro atoms. The fourth-order valence-corrected chi connectivity index (χ4v) is 3.83. The molecule has 1 aliphatic heterocycles. The van der Waals surface area contributed by atoms with Crippen molar-refractivity contribution in [3.05, 3.63) is 0 Å². The van der Waals surface area contributed by atoms with Crippen molar-refractivity contribution < 1.29 is 4.79 Å². The largest absolute Gasteiger partial charge is 0.353 e. The molecule has 3 heteroatoms. The summed E-state index contributed by atoms with van der Waals surface area (Å²) in [5.74, 6) is 2.37. The van der Waals surface area contributed by atoms with Gasteiger partial charge in [-0.3, -0.25) is 4.79 Å². The highest BCUT2D eigenvalue weighted by Gasteiger charge is 2.25. The zero-order valence-electron chi connectivity index (χ0n) is 13.3. The Labute approximate surface area is 124 Å². The molecule has 2 unspecified atom stereocenters. The second-order valence-corrected chi connectivity index (χ2v) is 6.98. The number of hydrogen-bond donors (Lipinski definition) is 2. The molecule has 0 bridgehead atoms. The number of piperidine rings is 1. The molecule has 2 rings (SSSR count). The van der Waals surface area contributed by atoms with E-state index in [1.807, 2.05) is 0 Å². The van der Waals surface area contributed by atoms with E-state index < -0.39 is 0 Å². The Hall–Kier alpha value is -0.570. The summed E-state index contributed by atoms with van der Waals surface area (Å²) in [5.41, 5.74) is 0. The van der Waals surface area contributed by atoms with E-state index in [9.17, 15) is 4.79 Å². The van der Waals surface area contributed by atoms with Crippen LogP contribution in [0.5, 0.6) is 0 Å². The SMILES string of the molecule is CCC1CCC(NC(=O)CC(C)C2CCCNC2)CC1. The third kappa shape index (κ3) is 4.76. The van der Waals surface area contributed by atoms with Crippen LogP contribution in [0.1, 0.15) is 65.2 Å². The second kappa shape index (κ2) is 8.02. The van der Waals surface area contributed by atoms with Crippen molar-refractivity contribution in [2.75, 3.05) is 13.1 Å². The Balaban J connectivity index is 1.67. The average molecular weight is 280 g/mol. The first-order chi connectivity index (χ1) is 9.69. The monoisotopic (exact) mass is 280 g/mol. The number of hydrogen-bond acceptors (Lipinski definition) is 2. The van der Waals surface area contributed by atoms with Gasteiger partial charge in [0, 0.05) is 12.5 Å². The summed E-state index contributed by atoms with van der Waals surface area (Å²) in [6, 6.07) is 0.446. The molecule has 3 nitrogen and oxygen atoms in total. The van der Waals surface area contributed by atoms with Gasteiger partial charge in [-0.2, -0.15) is 0 Å². The third-order valence-electron chi connectivity index (χ3n) is 5.44. The van der Waals surface area contributed by atoms with Crippen LogP contribution in [0.2, 0.25) is 0 Å². The normalized spacial score (nSPS) is 32.6. The summed E-state index contributed by atoms with van der Waals surface area (Å²) >= 11 is 0. The average Bonchev–Trinajstić information content (AvgIpc) is 2.49. The first kappa shape index (κ1) is 15.8. The van der Waals surface area contributed by atoms with Crippen molar-refractivity contribution in [1.82, 2.24) is 10.6 Å². The second-order valence-electron chi connectivity index (χ2n) is 6.98.